The minimum atomic E-state index is -0.0625. The lowest BCUT2D eigenvalue weighted by atomic mass is 10.0. The first kappa shape index (κ1) is 13.5. The molecule has 2 rings (SSSR count). The predicted molar refractivity (Wildman–Crippen MR) is 72.4 cm³/mol. The first-order valence-electron chi connectivity index (χ1n) is 6.03. The number of nitrogens with zero attached hydrogens (tertiary/aromatic N) is 1. The van der Waals surface area contributed by atoms with Gasteiger partial charge in [0.1, 0.15) is 0 Å². The lowest BCUT2D eigenvalue weighted by molar-refractivity contribution is 0.0937. The van der Waals surface area contributed by atoms with Crippen LogP contribution >= 0.6 is 15.9 Å². The van der Waals surface area contributed by atoms with E-state index in [1.165, 1.54) is 12.8 Å². The van der Waals surface area contributed by atoms with Crippen LogP contribution in [-0.4, -0.2) is 31.2 Å². The number of methoxy groups -OCH3 is 1. The Hall–Kier alpha value is -0.940. The number of carbonyl (C=O) groups is 1. The van der Waals surface area contributed by atoms with Crippen LogP contribution in [-0.2, 0) is 4.74 Å². The first-order valence-corrected chi connectivity index (χ1v) is 6.82. The third kappa shape index (κ3) is 3.53. The van der Waals surface area contributed by atoms with Crippen molar-refractivity contribution in [3.05, 3.63) is 28.5 Å². The minimum absolute atomic E-state index is 0.0625. The predicted octanol–water partition coefficient (Wildman–Crippen LogP) is 2.39. The summed E-state index contributed by atoms with van der Waals surface area (Å²) in [5.41, 5.74) is 0.859. The lowest BCUT2D eigenvalue weighted by Gasteiger charge is -2.15. The molecule has 1 N–H and O–H groups in total. The SMILES string of the molecule is COCCC1(CNC(=O)c2cncc(Br)c2)CC1. The van der Waals surface area contributed by atoms with Gasteiger partial charge in [0.2, 0.25) is 0 Å². The van der Waals surface area contributed by atoms with Crippen LogP contribution in [0.1, 0.15) is 29.6 Å². The Kier molecular flexibility index (Phi) is 4.35. The van der Waals surface area contributed by atoms with E-state index in [-0.39, 0.29) is 11.3 Å². The quantitative estimate of drug-likeness (QED) is 0.877. The molecule has 0 unspecified atom stereocenters. The largest absolute Gasteiger partial charge is 0.385 e. The van der Waals surface area contributed by atoms with Crippen LogP contribution < -0.4 is 5.32 Å². The molecule has 18 heavy (non-hydrogen) atoms. The maximum atomic E-state index is 11.9. The number of aromatic nitrogens is 1. The second-order valence-corrected chi connectivity index (χ2v) is 5.73. The highest BCUT2D eigenvalue weighted by Crippen LogP contribution is 2.48. The molecule has 4 nitrogen and oxygen atoms in total. The van der Waals surface area contributed by atoms with Crippen molar-refractivity contribution < 1.29 is 9.53 Å². The molecule has 1 aliphatic rings. The van der Waals surface area contributed by atoms with Gasteiger partial charge in [-0.2, -0.15) is 0 Å². The number of carbonyl (C=O) groups excluding carboxylic acids is 1. The van der Waals surface area contributed by atoms with E-state index in [1.54, 1.807) is 25.6 Å². The van der Waals surface area contributed by atoms with E-state index in [0.29, 0.717) is 5.56 Å². The summed E-state index contributed by atoms with van der Waals surface area (Å²) in [5, 5.41) is 2.98. The van der Waals surface area contributed by atoms with Gasteiger partial charge in [0, 0.05) is 37.1 Å². The van der Waals surface area contributed by atoms with Gasteiger partial charge < -0.3 is 10.1 Å². The number of hydrogen-bond acceptors (Lipinski definition) is 3. The maximum Gasteiger partial charge on any atom is 0.252 e. The van der Waals surface area contributed by atoms with Crippen LogP contribution in [0, 0.1) is 5.41 Å². The Bertz CT molecular complexity index is 433. The highest BCUT2D eigenvalue weighted by molar-refractivity contribution is 9.10. The molecule has 1 heterocycles. The van der Waals surface area contributed by atoms with Crippen LogP contribution in [0.4, 0.5) is 0 Å². The van der Waals surface area contributed by atoms with Crippen LogP contribution in [0.2, 0.25) is 0 Å². The van der Waals surface area contributed by atoms with E-state index in [1.807, 2.05) is 0 Å². The van der Waals surface area contributed by atoms with Gasteiger partial charge in [-0.3, -0.25) is 9.78 Å². The van der Waals surface area contributed by atoms with E-state index in [9.17, 15) is 4.79 Å². The Balaban J connectivity index is 1.85. The van der Waals surface area contributed by atoms with Gasteiger partial charge in [-0.15, -0.1) is 0 Å². The summed E-state index contributed by atoms with van der Waals surface area (Å²) in [6.07, 6.45) is 6.60. The van der Waals surface area contributed by atoms with Gasteiger partial charge in [0.25, 0.3) is 5.91 Å². The molecular formula is C13H17BrN2O2. The molecule has 0 aliphatic heterocycles. The van der Waals surface area contributed by atoms with Crippen molar-refractivity contribution in [2.75, 3.05) is 20.3 Å². The van der Waals surface area contributed by atoms with Crippen LogP contribution in [0.3, 0.4) is 0 Å². The van der Waals surface area contributed by atoms with Crippen molar-refractivity contribution in [3.8, 4) is 0 Å². The van der Waals surface area contributed by atoms with Gasteiger partial charge in [0.05, 0.1) is 5.56 Å². The van der Waals surface area contributed by atoms with Gasteiger partial charge in [-0.25, -0.2) is 0 Å². The maximum absolute atomic E-state index is 11.9. The van der Waals surface area contributed by atoms with Crippen molar-refractivity contribution >= 4 is 21.8 Å². The zero-order valence-electron chi connectivity index (χ0n) is 10.4. The van der Waals surface area contributed by atoms with Crippen LogP contribution in [0.15, 0.2) is 22.9 Å². The highest BCUT2D eigenvalue weighted by atomic mass is 79.9. The molecule has 1 saturated carbocycles. The van der Waals surface area contributed by atoms with E-state index >= 15 is 0 Å². The Morgan fingerprint density at radius 1 is 1.56 bits per heavy atom. The van der Waals surface area contributed by atoms with Crippen molar-refractivity contribution in [1.29, 1.82) is 0 Å². The van der Waals surface area contributed by atoms with Crippen molar-refractivity contribution in [2.45, 2.75) is 19.3 Å². The zero-order valence-corrected chi connectivity index (χ0v) is 12.0. The topological polar surface area (TPSA) is 51.2 Å². The number of amides is 1. The average molecular weight is 313 g/mol. The van der Waals surface area contributed by atoms with Crippen molar-refractivity contribution in [3.63, 3.8) is 0 Å². The fourth-order valence-electron chi connectivity index (χ4n) is 1.92. The third-order valence-electron chi connectivity index (χ3n) is 3.38. The molecule has 0 bridgehead atoms. The highest BCUT2D eigenvalue weighted by Gasteiger charge is 2.42. The number of pyridine rings is 1. The fraction of sp³-hybridized carbons (Fsp3) is 0.538. The first-order chi connectivity index (χ1) is 8.65. The van der Waals surface area contributed by atoms with Crippen molar-refractivity contribution in [2.24, 2.45) is 5.41 Å². The molecule has 0 atom stereocenters. The second kappa shape index (κ2) is 5.80. The standard InChI is InChI=1S/C13H17BrN2O2/c1-18-5-4-13(2-3-13)9-16-12(17)10-6-11(14)8-15-7-10/h6-8H,2-5,9H2,1H3,(H,16,17). The summed E-state index contributed by atoms with van der Waals surface area (Å²) < 4.78 is 5.91. The molecule has 5 heteroatoms. The van der Waals surface area contributed by atoms with E-state index < -0.39 is 0 Å². The summed E-state index contributed by atoms with van der Waals surface area (Å²) >= 11 is 3.31. The molecule has 1 aromatic rings. The Morgan fingerprint density at radius 3 is 2.94 bits per heavy atom. The molecule has 1 fully saturated rings. The summed E-state index contributed by atoms with van der Waals surface area (Å²) in [6.45, 7) is 1.48. The smallest absolute Gasteiger partial charge is 0.252 e. The normalized spacial score (nSPS) is 16.3. The van der Waals surface area contributed by atoms with Crippen LogP contribution in [0.5, 0.6) is 0 Å². The minimum Gasteiger partial charge on any atom is -0.385 e. The summed E-state index contributed by atoms with van der Waals surface area (Å²) in [5.74, 6) is -0.0625. The molecule has 0 radical (unpaired) electrons. The van der Waals surface area contributed by atoms with Gasteiger partial charge in [-0.05, 0) is 46.7 Å². The average Bonchev–Trinajstić information content (AvgIpc) is 3.14. The Morgan fingerprint density at radius 2 is 2.33 bits per heavy atom. The molecular weight excluding hydrogens is 296 g/mol. The number of hydrogen-bond donors (Lipinski definition) is 1. The summed E-state index contributed by atoms with van der Waals surface area (Å²) in [4.78, 5) is 15.9. The number of halogens is 1. The van der Waals surface area contributed by atoms with E-state index in [0.717, 1.165) is 24.0 Å². The molecule has 1 aromatic heterocycles. The zero-order chi connectivity index (χ0) is 13.0. The molecule has 1 amide bonds. The number of nitrogens with one attached hydrogen (secondary N) is 1. The molecule has 0 saturated heterocycles. The van der Waals surface area contributed by atoms with E-state index in [4.69, 9.17) is 4.74 Å². The van der Waals surface area contributed by atoms with Gasteiger partial charge >= 0.3 is 0 Å². The Labute approximate surface area is 115 Å². The molecule has 98 valence electrons. The van der Waals surface area contributed by atoms with Crippen LogP contribution in [0.25, 0.3) is 0 Å². The second-order valence-electron chi connectivity index (χ2n) is 4.82. The monoisotopic (exact) mass is 312 g/mol. The fourth-order valence-corrected chi connectivity index (χ4v) is 2.28. The van der Waals surface area contributed by atoms with Crippen molar-refractivity contribution in [1.82, 2.24) is 10.3 Å². The number of rotatable bonds is 6. The van der Waals surface area contributed by atoms with Gasteiger partial charge in [-0.1, -0.05) is 0 Å². The third-order valence-corrected chi connectivity index (χ3v) is 3.82. The lowest BCUT2D eigenvalue weighted by Crippen LogP contribution is -2.30. The molecule has 0 spiro atoms. The van der Waals surface area contributed by atoms with E-state index in [2.05, 4.69) is 26.2 Å². The molecule has 1 aliphatic carbocycles. The summed E-state index contributed by atoms with van der Waals surface area (Å²) in [7, 11) is 1.71. The summed E-state index contributed by atoms with van der Waals surface area (Å²) in [6, 6.07) is 1.77. The number of ether oxygens (including phenoxy) is 1. The molecule has 0 aromatic carbocycles. The van der Waals surface area contributed by atoms with Gasteiger partial charge in [0.15, 0.2) is 0 Å².